The molecule has 0 atom stereocenters. The van der Waals surface area contributed by atoms with E-state index in [0.29, 0.717) is 11.5 Å². The number of halogens is 2. The Bertz CT molecular complexity index is 936. The minimum atomic E-state index is -2.84. The van der Waals surface area contributed by atoms with E-state index < -0.39 is 12.8 Å². The van der Waals surface area contributed by atoms with Crippen molar-refractivity contribution in [1.29, 1.82) is 0 Å². The number of rotatable bonds is 7. The van der Waals surface area contributed by atoms with Crippen LogP contribution >= 0.6 is 11.8 Å². The molecule has 0 amide bonds. The van der Waals surface area contributed by atoms with E-state index in [4.69, 9.17) is 9.52 Å². The molecule has 0 saturated carbocycles. The molecule has 8 heteroatoms. The maximum Gasteiger partial charge on any atom is 0.513 e. The van der Waals surface area contributed by atoms with Gasteiger partial charge in [-0.1, -0.05) is 24.3 Å². The zero-order valence-corrected chi connectivity index (χ0v) is 15.5. The van der Waals surface area contributed by atoms with Crippen LogP contribution < -0.4 is 9.47 Å². The third-order valence-corrected chi connectivity index (χ3v) is 4.91. The van der Waals surface area contributed by atoms with Crippen molar-refractivity contribution in [3.8, 4) is 22.8 Å². The summed E-state index contributed by atoms with van der Waals surface area (Å²) in [4.78, 5) is 11.6. The second-order valence-corrected chi connectivity index (χ2v) is 6.78. The van der Waals surface area contributed by atoms with Crippen LogP contribution in [0.15, 0.2) is 63.9 Å². The molecule has 0 aliphatic rings. The van der Waals surface area contributed by atoms with Gasteiger partial charge in [0.05, 0.1) is 0 Å². The van der Waals surface area contributed by atoms with Crippen LogP contribution in [0.4, 0.5) is 13.6 Å². The molecule has 146 valence electrons. The fraction of sp³-hybridized carbons (Fsp3) is 0.150. The van der Waals surface area contributed by atoms with Gasteiger partial charge in [-0.25, -0.2) is 4.79 Å². The molecule has 3 rings (SSSR count). The zero-order chi connectivity index (χ0) is 20.1. The molecule has 2 aromatic carbocycles. The summed E-state index contributed by atoms with van der Waals surface area (Å²) in [5, 5.41) is 8.62. The monoisotopic (exact) mass is 406 g/mol. The van der Waals surface area contributed by atoms with Gasteiger partial charge in [0.25, 0.3) is 5.95 Å². The van der Waals surface area contributed by atoms with Crippen LogP contribution in [-0.2, 0) is 5.75 Å². The molecule has 0 radical (unpaired) electrons. The summed E-state index contributed by atoms with van der Waals surface area (Å²) in [5.41, 5.74) is 2.68. The summed E-state index contributed by atoms with van der Waals surface area (Å²) in [6, 6.07) is 15.8. The fourth-order valence-electron chi connectivity index (χ4n) is 2.50. The lowest BCUT2D eigenvalue weighted by Gasteiger charge is -2.07. The van der Waals surface area contributed by atoms with Crippen molar-refractivity contribution in [2.45, 2.75) is 24.2 Å². The fourth-order valence-corrected chi connectivity index (χ4v) is 3.44. The highest BCUT2D eigenvalue weighted by molar-refractivity contribution is 7.98. The molecule has 1 aromatic heterocycles. The van der Waals surface area contributed by atoms with Gasteiger partial charge in [-0.05, 0) is 42.3 Å². The maximum atomic E-state index is 12.2. The number of hydrogen-bond acceptors (Lipinski definition) is 5. The molecule has 5 nitrogen and oxygen atoms in total. The number of alkyl halides is 2. The van der Waals surface area contributed by atoms with Crippen molar-refractivity contribution in [2.75, 3.05) is 0 Å². The van der Waals surface area contributed by atoms with Gasteiger partial charge in [-0.3, -0.25) is 0 Å². The van der Waals surface area contributed by atoms with Crippen LogP contribution in [0, 0.1) is 6.92 Å². The number of carboxylic acid groups (broad SMARTS) is 1. The standard InChI is InChI=1S/C20H16F2O5S/c1-12-15(10-18(25-12)27-20(23)24)11-28-17-8-4-14(5-9-17)13-2-6-16(7-3-13)26-19(21)22/h2-10,19H,11H2,1H3,(H,23,24). The summed E-state index contributed by atoms with van der Waals surface area (Å²) >= 11 is 1.57. The van der Waals surface area contributed by atoms with E-state index in [1.807, 2.05) is 24.3 Å². The van der Waals surface area contributed by atoms with Gasteiger partial charge in [-0.2, -0.15) is 8.78 Å². The van der Waals surface area contributed by atoms with Crippen molar-refractivity contribution < 1.29 is 32.6 Å². The van der Waals surface area contributed by atoms with E-state index >= 15 is 0 Å². The van der Waals surface area contributed by atoms with Gasteiger partial charge >= 0.3 is 12.8 Å². The number of benzene rings is 2. The number of furan rings is 1. The minimum Gasteiger partial charge on any atom is -0.449 e. The molecule has 0 unspecified atom stereocenters. The first-order chi connectivity index (χ1) is 13.4. The van der Waals surface area contributed by atoms with Crippen LogP contribution in [0.5, 0.6) is 11.7 Å². The first-order valence-electron chi connectivity index (χ1n) is 8.19. The summed E-state index contributed by atoms with van der Waals surface area (Å²) in [7, 11) is 0. The topological polar surface area (TPSA) is 68.9 Å². The molecule has 1 heterocycles. The first-order valence-corrected chi connectivity index (χ1v) is 9.17. The Morgan fingerprint density at radius 1 is 1.11 bits per heavy atom. The van der Waals surface area contributed by atoms with Gasteiger partial charge in [0.2, 0.25) is 0 Å². The van der Waals surface area contributed by atoms with Gasteiger partial charge in [-0.15, -0.1) is 11.8 Å². The van der Waals surface area contributed by atoms with E-state index in [9.17, 15) is 13.6 Å². The molecule has 0 spiro atoms. The van der Waals surface area contributed by atoms with Crippen molar-refractivity contribution in [3.63, 3.8) is 0 Å². The second kappa shape index (κ2) is 8.79. The highest BCUT2D eigenvalue weighted by Crippen LogP contribution is 2.31. The summed E-state index contributed by atoms with van der Waals surface area (Å²) in [5.74, 6) is 1.27. The van der Waals surface area contributed by atoms with Gasteiger partial charge in [0.1, 0.15) is 11.5 Å². The SMILES string of the molecule is Cc1oc(OC(=O)O)cc1CSc1ccc(-c2ccc(OC(F)F)cc2)cc1. The summed E-state index contributed by atoms with van der Waals surface area (Å²) < 4.78 is 38.5. The van der Waals surface area contributed by atoms with E-state index in [-0.39, 0.29) is 11.7 Å². The Labute approximate surface area is 163 Å². The van der Waals surface area contributed by atoms with Crippen molar-refractivity contribution in [3.05, 3.63) is 65.9 Å². The second-order valence-electron chi connectivity index (χ2n) is 5.73. The Kier molecular flexibility index (Phi) is 6.20. The highest BCUT2D eigenvalue weighted by atomic mass is 32.2. The Hall–Kier alpha value is -3.00. The molecule has 0 aliphatic carbocycles. The number of thioether (sulfide) groups is 1. The molecule has 1 N–H and O–H groups in total. The van der Waals surface area contributed by atoms with E-state index in [1.165, 1.54) is 12.1 Å². The number of hydrogen-bond donors (Lipinski definition) is 1. The molecular weight excluding hydrogens is 390 g/mol. The molecule has 0 bridgehead atoms. The summed E-state index contributed by atoms with van der Waals surface area (Å²) in [6.07, 6.45) is -1.42. The average Bonchev–Trinajstić information content (AvgIpc) is 2.99. The van der Waals surface area contributed by atoms with Gasteiger partial charge in [0.15, 0.2) is 0 Å². The first kappa shape index (κ1) is 19.8. The van der Waals surface area contributed by atoms with E-state index in [2.05, 4.69) is 9.47 Å². The number of ether oxygens (including phenoxy) is 2. The van der Waals surface area contributed by atoms with Crippen molar-refractivity contribution in [1.82, 2.24) is 0 Å². The predicted octanol–water partition coefficient (Wildman–Crippen LogP) is 6.21. The lowest BCUT2D eigenvalue weighted by atomic mass is 10.1. The van der Waals surface area contributed by atoms with Crippen LogP contribution in [-0.4, -0.2) is 17.9 Å². The molecular formula is C20H16F2O5S. The lowest BCUT2D eigenvalue weighted by Crippen LogP contribution is -2.01. The third kappa shape index (κ3) is 5.26. The van der Waals surface area contributed by atoms with Crippen LogP contribution in [0.3, 0.4) is 0 Å². The predicted molar refractivity (Wildman–Crippen MR) is 100 cm³/mol. The van der Waals surface area contributed by atoms with Crippen LogP contribution in [0.25, 0.3) is 11.1 Å². The molecule has 0 aliphatic heterocycles. The summed E-state index contributed by atoms with van der Waals surface area (Å²) in [6.45, 7) is -1.09. The average molecular weight is 406 g/mol. The molecule has 28 heavy (non-hydrogen) atoms. The largest absolute Gasteiger partial charge is 0.513 e. The highest BCUT2D eigenvalue weighted by Gasteiger charge is 2.12. The van der Waals surface area contributed by atoms with E-state index in [1.54, 1.807) is 36.9 Å². The molecule has 3 aromatic rings. The van der Waals surface area contributed by atoms with Crippen molar-refractivity contribution >= 4 is 17.9 Å². The Morgan fingerprint density at radius 2 is 1.71 bits per heavy atom. The number of carbonyl (C=O) groups is 1. The smallest absolute Gasteiger partial charge is 0.449 e. The van der Waals surface area contributed by atoms with Gasteiger partial charge < -0.3 is 19.0 Å². The Morgan fingerprint density at radius 3 is 2.29 bits per heavy atom. The quantitative estimate of drug-likeness (QED) is 0.372. The van der Waals surface area contributed by atoms with Crippen molar-refractivity contribution in [2.24, 2.45) is 0 Å². The molecule has 0 saturated heterocycles. The zero-order valence-electron chi connectivity index (χ0n) is 14.7. The van der Waals surface area contributed by atoms with Crippen LogP contribution in [0.2, 0.25) is 0 Å². The lowest BCUT2D eigenvalue weighted by molar-refractivity contribution is -0.0498. The van der Waals surface area contributed by atoms with Gasteiger partial charge in [0, 0.05) is 22.3 Å². The normalized spacial score (nSPS) is 10.9. The Balaban J connectivity index is 1.62. The third-order valence-electron chi connectivity index (χ3n) is 3.85. The molecule has 0 fully saturated rings. The maximum absolute atomic E-state index is 12.2. The van der Waals surface area contributed by atoms with Crippen LogP contribution in [0.1, 0.15) is 11.3 Å². The number of aryl methyl sites for hydroxylation is 1. The minimum absolute atomic E-state index is 0.0461. The van der Waals surface area contributed by atoms with E-state index in [0.717, 1.165) is 21.6 Å².